The van der Waals surface area contributed by atoms with Crippen molar-refractivity contribution < 1.29 is 9.90 Å². The van der Waals surface area contributed by atoms with Gasteiger partial charge >= 0.3 is 0 Å². The molecule has 0 saturated carbocycles. The minimum Gasteiger partial charge on any atom is -0.508 e. The van der Waals surface area contributed by atoms with Crippen LogP contribution in [-0.4, -0.2) is 22.7 Å². The van der Waals surface area contributed by atoms with Crippen molar-refractivity contribution in [2.45, 2.75) is 0 Å². The number of benzene rings is 1. The first-order valence-electron chi connectivity index (χ1n) is 4.00. The molecule has 74 valence electrons. The molecule has 4 nitrogen and oxygen atoms in total. The molecule has 0 spiro atoms. The van der Waals surface area contributed by atoms with Crippen LogP contribution in [0.1, 0.15) is 0 Å². The Balaban J connectivity index is 0.000000140. The fourth-order valence-corrected chi connectivity index (χ4v) is 0.990. The first kappa shape index (κ1) is 10.5. The number of nitrogens with one attached hydrogen (secondary N) is 2. The molecule has 0 unspecified atom stereocenters. The summed E-state index contributed by atoms with van der Waals surface area (Å²) in [6.45, 7) is 0.332. The largest absolute Gasteiger partial charge is 0.508 e. The lowest BCUT2D eigenvalue weighted by Crippen LogP contribution is -2.21. The Bertz CT molecular complexity index is 313. The van der Waals surface area contributed by atoms with Gasteiger partial charge in [0, 0.05) is 0 Å². The summed E-state index contributed by atoms with van der Waals surface area (Å²) in [5.41, 5.74) is 0. The van der Waals surface area contributed by atoms with E-state index < -0.39 is 0 Å². The molecule has 0 aromatic heterocycles. The summed E-state index contributed by atoms with van der Waals surface area (Å²) in [5, 5.41) is 14.1. The minimum absolute atomic E-state index is 0.0509. The number of amides is 1. The first-order valence-corrected chi connectivity index (χ1v) is 4.41. The predicted octanol–water partition coefficient (Wildman–Crippen LogP) is 0.383. The molecule has 3 N–H and O–H groups in total. The van der Waals surface area contributed by atoms with Crippen LogP contribution in [0, 0.1) is 0 Å². The number of rotatable bonds is 0. The number of carbonyl (C=O) groups excluding carboxylic acids is 1. The van der Waals surface area contributed by atoms with Crippen LogP contribution in [0.2, 0.25) is 0 Å². The van der Waals surface area contributed by atoms with E-state index in [1.165, 1.54) is 0 Å². The van der Waals surface area contributed by atoms with Crippen molar-refractivity contribution in [1.29, 1.82) is 0 Å². The minimum atomic E-state index is -0.0509. The van der Waals surface area contributed by atoms with Crippen LogP contribution in [0.3, 0.4) is 0 Å². The number of para-hydroxylation sites is 1. The molecular formula is C9H10N2O2S. The van der Waals surface area contributed by atoms with Crippen LogP contribution in [-0.2, 0) is 4.79 Å². The van der Waals surface area contributed by atoms with Crippen LogP contribution in [0.15, 0.2) is 30.3 Å². The number of phenols is 1. The highest BCUT2D eigenvalue weighted by Gasteiger charge is 2.10. The van der Waals surface area contributed by atoms with E-state index in [0.29, 0.717) is 17.4 Å². The summed E-state index contributed by atoms with van der Waals surface area (Å²) in [7, 11) is 0. The molecule has 5 heteroatoms. The van der Waals surface area contributed by atoms with Crippen molar-refractivity contribution >= 4 is 23.2 Å². The van der Waals surface area contributed by atoms with Gasteiger partial charge in [0.2, 0.25) is 5.91 Å². The fourth-order valence-electron chi connectivity index (χ4n) is 0.804. The van der Waals surface area contributed by atoms with E-state index in [2.05, 4.69) is 22.9 Å². The van der Waals surface area contributed by atoms with Crippen LogP contribution in [0.4, 0.5) is 0 Å². The van der Waals surface area contributed by atoms with E-state index in [9.17, 15) is 4.79 Å². The lowest BCUT2D eigenvalue weighted by Gasteiger charge is -1.83. The van der Waals surface area contributed by atoms with Gasteiger partial charge in [-0.25, -0.2) is 0 Å². The number of aromatic hydroxyl groups is 1. The Morgan fingerprint density at radius 1 is 1.29 bits per heavy atom. The van der Waals surface area contributed by atoms with E-state index in [4.69, 9.17) is 5.11 Å². The lowest BCUT2D eigenvalue weighted by atomic mass is 10.3. The van der Waals surface area contributed by atoms with Gasteiger partial charge in [-0.2, -0.15) is 0 Å². The van der Waals surface area contributed by atoms with E-state index >= 15 is 0 Å². The van der Waals surface area contributed by atoms with Gasteiger partial charge in [-0.1, -0.05) is 18.2 Å². The van der Waals surface area contributed by atoms with E-state index in [-0.39, 0.29) is 5.91 Å². The molecular weight excluding hydrogens is 200 g/mol. The summed E-state index contributed by atoms with van der Waals surface area (Å²) in [6, 6.07) is 8.71. The average Bonchev–Trinajstić information content (AvgIpc) is 2.52. The Labute approximate surface area is 86.9 Å². The summed E-state index contributed by atoms with van der Waals surface area (Å²) in [4.78, 5) is 10.2. The zero-order chi connectivity index (χ0) is 10.4. The zero-order valence-corrected chi connectivity index (χ0v) is 8.17. The fraction of sp³-hybridized carbons (Fsp3) is 0.111. The predicted molar refractivity (Wildman–Crippen MR) is 56.9 cm³/mol. The van der Waals surface area contributed by atoms with Crippen molar-refractivity contribution in [2.75, 3.05) is 6.54 Å². The molecule has 0 aliphatic carbocycles. The van der Waals surface area contributed by atoms with E-state index in [1.807, 2.05) is 6.07 Å². The molecule has 1 heterocycles. The van der Waals surface area contributed by atoms with Gasteiger partial charge in [0.15, 0.2) is 5.11 Å². The third-order valence-electron chi connectivity index (χ3n) is 1.42. The second-order valence-electron chi connectivity index (χ2n) is 2.57. The number of hydrogen-bond donors (Lipinski definition) is 3. The first-order chi connectivity index (χ1) is 6.68. The third kappa shape index (κ3) is 3.86. The molecule has 1 aliphatic heterocycles. The highest BCUT2D eigenvalue weighted by Crippen LogP contribution is 2.02. The van der Waals surface area contributed by atoms with Crippen LogP contribution >= 0.6 is 12.2 Å². The van der Waals surface area contributed by atoms with Crippen LogP contribution in [0.5, 0.6) is 5.75 Å². The number of phenolic OH excluding ortho intramolecular Hbond substituents is 1. The van der Waals surface area contributed by atoms with E-state index in [1.54, 1.807) is 24.3 Å². The summed E-state index contributed by atoms with van der Waals surface area (Å²) in [5.74, 6) is 0.271. The molecule has 0 atom stereocenters. The highest BCUT2D eigenvalue weighted by molar-refractivity contribution is 7.80. The van der Waals surface area contributed by atoms with Crippen molar-refractivity contribution in [3.8, 4) is 5.75 Å². The smallest absolute Gasteiger partial charge is 0.245 e. The summed E-state index contributed by atoms with van der Waals surface area (Å²) in [6.07, 6.45) is 0. The highest BCUT2D eigenvalue weighted by atomic mass is 32.1. The maximum atomic E-state index is 10.2. The van der Waals surface area contributed by atoms with Gasteiger partial charge in [0.1, 0.15) is 5.75 Å². The molecule has 1 amide bonds. The molecule has 1 aromatic rings. The van der Waals surface area contributed by atoms with Gasteiger partial charge < -0.3 is 15.7 Å². The summed E-state index contributed by atoms with van der Waals surface area (Å²) < 4.78 is 0. The monoisotopic (exact) mass is 210 g/mol. The quantitative estimate of drug-likeness (QED) is 0.542. The molecule has 1 fully saturated rings. The lowest BCUT2D eigenvalue weighted by molar-refractivity contribution is -0.117. The van der Waals surface area contributed by atoms with Gasteiger partial charge in [-0.15, -0.1) is 0 Å². The van der Waals surface area contributed by atoms with Crippen LogP contribution < -0.4 is 10.6 Å². The molecule has 14 heavy (non-hydrogen) atoms. The third-order valence-corrected chi connectivity index (χ3v) is 1.67. The Hall–Kier alpha value is -1.62. The Kier molecular flexibility index (Phi) is 3.87. The molecule has 0 bridgehead atoms. The van der Waals surface area contributed by atoms with Gasteiger partial charge in [0.25, 0.3) is 0 Å². The standard InChI is InChI=1S/C6H6O.C3H4N2OS/c7-6-4-2-1-3-5-6;6-2-1-4-3(7)5-2/h1-5,7H;1H2,(H2,4,5,6,7). The Morgan fingerprint density at radius 2 is 1.93 bits per heavy atom. The van der Waals surface area contributed by atoms with Crippen LogP contribution in [0.25, 0.3) is 0 Å². The number of hydrogen-bond acceptors (Lipinski definition) is 3. The number of thiocarbonyl (C=S) groups is 1. The van der Waals surface area contributed by atoms with Crippen molar-refractivity contribution in [3.05, 3.63) is 30.3 Å². The number of carbonyl (C=O) groups is 1. The average molecular weight is 210 g/mol. The van der Waals surface area contributed by atoms with Gasteiger partial charge in [0.05, 0.1) is 6.54 Å². The Morgan fingerprint density at radius 3 is 2.14 bits per heavy atom. The maximum Gasteiger partial charge on any atom is 0.245 e. The van der Waals surface area contributed by atoms with Gasteiger partial charge in [-0.3, -0.25) is 4.79 Å². The molecule has 1 saturated heterocycles. The molecule has 1 aromatic carbocycles. The second-order valence-corrected chi connectivity index (χ2v) is 2.97. The molecule has 2 rings (SSSR count). The van der Waals surface area contributed by atoms with Gasteiger partial charge in [-0.05, 0) is 24.4 Å². The second kappa shape index (κ2) is 5.18. The molecule has 0 radical (unpaired) electrons. The topological polar surface area (TPSA) is 61.4 Å². The van der Waals surface area contributed by atoms with Crippen molar-refractivity contribution in [1.82, 2.24) is 10.6 Å². The SMILES string of the molecule is O=C1CNC(=S)N1.Oc1ccccc1. The summed E-state index contributed by atoms with van der Waals surface area (Å²) >= 11 is 4.55. The normalized spacial score (nSPS) is 13.7. The zero-order valence-electron chi connectivity index (χ0n) is 7.36. The van der Waals surface area contributed by atoms with Crippen molar-refractivity contribution in [3.63, 3.8) is 0 Å². The van der Waals surface area contributed by atoms with Crippen molar-refractivity contribution in [2.24, 2.45) is 0 Å². The maximum absolute atomic E-state index is 10.2. The molecule has 1 aliphatic rings. The van der Waals surface area contributed by atoms with E-state index in [0.717, 1.165) is 0 Å².